The van der Waals surface area contributed by atoms with Gasteiger partial charge in [-0.2, -0.15) is 0 Å². The van der Waals surface area contributed by atoms with E-state index in [0.29, 0.717) is 11.1 Å². The minimum Gasteiger partial charge on any atom is -0.465 e. The Kier molecular flexibility index (Phi) is 3.23. The average Bonchev–Trinajstić information content (AvgIpc) is 2.27. The van der Waals surface area contributed by atoms with Gasteiger partial charge in [0.25, 0.3) is 0 Å². The Bertz CT molecular complexity index is 305. The molecule has 4 nitrogen and oxygen atoms in total. The van der Waals surface area contributed by atoms with E-state index in [1.165, 1.54) is 38.5 Å². The van der Waals surface area contributed by atoms with E-state index in [9.17, 15) is 9.59 Å². The number of rotatable bonds is 2. The van der Waals surface area contributed by atoms with Crippen molar-refractivity contribution in [3.63, 3.8) is 0 Å². The highest BCUT2D eigenvalue weighted by molar-refractivity contribution is 5.93. The Hall–Kier alpha value is -1.84. The molecular weight excluding hydrogens is 186 g/mol. The van der Waals surface area contributed by atoms with Gasteiger partial charge in [-0.15, -0.1) is 0 Å². The summed E-state index contributed by atoms with van der Waals surface area (Å²) in [6, 6.07) is 6.05. The summed E-state index contributed by atoms with van der Waals surface area (Å²) in [7, 11) is 2.60. The minimum absolute atomic E-state index is 0.403. The van der Waals surface area contributed by atoms with Crippen LogP contribution in [0.5, 0.6) is 0 Å². The smallest absolute Gasteiger partial charge is 0.337 e. The molecule has 0 amide bonds. The maximum atomic E-state index is 11.0. The molecule has 0 aliphatic rings. The maximum absolute atomic E-state index is 11.0. The van der Waals surface area contributed by atoms with Crippen LogP contribution in [0.4, 0.5) is 0 Å². The summed E-state index contributed by atoms with van der Waals surface area (Å²) in [6.07, 6.45) is 0. The third-order valence-corrected chi connectivity index (χ3v) is 1.73. The predicted octanol–water partition coefficient (Wildman–Crippen LogP) is 1.26. The van der Waals surface area contributed by atoms with Crippen LogP contribution >= 0.6 is 0 Å². The molecule has 0 bridgehead atoms. The van der Waals surface area contributed by atoms with E-state index in [2.05, 4.69) is 9.47 Å². The van der Waals surface area contributed by atoms with E-state index in [-0.39, 0.29) is 0 Å². The first-order chi connectivity index (χ1) is 6.69. The first-order valence-corrected chi connectivity index (χ1v) is 3.95. The lowest BCUT2D eigenvalue weighted by atomic mass is 10.2. The van der Waals surface area contributed by atoms with Crippen molar-refractivity contribution in [3.8, 4) is 0 Å². The molecule has 0 saturated carbocycles. The van der Waals surface area contributed by atoms with Crippen LogP contribution in [-0.2, 0) is 9.47 Å². The molecule has 1 aromatic carbocycles. The zero-order valence-electron chi connectivity index (χ0n) is 7.94. The summed E-state index contributed by atoms with van der Waals surface area (Å²) >= 11 is 0. The predicted molar refractivity (Wildman–Crippen MR) is 49.1 cm³/mol. The van der Waals surface area contributed by atoms with Crippen LogP contribution < -0.4 is 0 Å². The maximum Gasteiger partial charge on any atom is 0.337 e. The van der Waals surface area contributed by atoms with Crippen LogP contribution in [0.2, 0.25) is 0 Å². The molecule has 14 heavy (non-hydrogen) atoms. The van der Waals surface area contributed by atoms with Gasteiger partial charge in [-0.3, -0.25) is 0 Å². The van der Waals surface area contributed by atoms with Crippen molar-refractivity contribution in [1.29, 1.82) is 0 Å². The summed E-state index contributed by atoms with van der Waals surface area (Å²) in [5.74, 6) is -0.858. The number of benzene rings is 1. The molecule has 0 fully saturated rings. The Labute approximate surface area is 81.4 Å². The van der Waals surface area contributed by atoms with Crippen molar-refractivity contribution >= 4 is 11.9 Å². The molecule has 0 aliphatic heterocycles. The van der Waals surface area contributed by atoms with Gasteiger partial charge in [0.2, 0.25) is 0 Å². The molecular formula is C10H10O4. The van der Waals surface area contributed by atoms with Crippen molar-refractivity contribution in [1.82, 2.24) is 0 Å². The van der Waals surface area contributed by atoms with Gasteiger partial charge in [-0.25, -0.2) is 9.59 Å². The van der Waals surface area contributed by atoms with E-state index < -0.39 is 11.9 Å². The molecule has 0 saturated heterocycles. The lowest BCUT2D eigenvalue weighted by Gasteiger charge is -2.00. The second-order valence-corrected chi connectivity index (χ2v) is 2.56. The largest absolute Gasteiger partial charge is 0.465 e. The number of hydrogen-bond acceptors (Lipinski definition) is 4. The molecule has 4 heteroatoms. The lowest BCUT2D eigenvalue weighted by molar-refractivity contribution is 0.0586. The van der Waals surface area contributed by atoms with Crippen molar-refractivity contribution in [3.05, 3.63) is 35.4 Å². The standard InChI is InChI=1S/C10H10O4/c1-13-9(11)7-3-5-8(6-4-7)10(12)14-2/h3-6H,1-2H3/i9+1,10+1. The molecule has 0 heterocycles. The summed E-state index contributed by atoms with van der Waals surface area (Å²) < 4.78 is 9.02. The van der Waals surface area contributed by atoms with Crippen LogP contribution in [0.15, 0.2) is 24.3 Å². The fourth-order valence-corrected chi connectivity index (χ4v) is 0.978. The van der Waals surface area contributed by atoms with Gasteiger partial charge in [-0.05, 0) is 24.3 Å². The van der Waals surface area contributed by atoms with Crippen LogP contribution in [0.25, 0.3) is 0 Å². The third kappa shape index (κ3) is 2.10. The second-order valence-electron chi connectivity index (χ2n) is 2.56. The molecule has 0 radical (unpaired) electrons. The molecule has 74 valence electrons. The zero-order chi connectivity index (χ0) is 10.6. The number of ether oxygens (including phenoxy) is 2. The summed E-state index contributed by atoms with van der Waals surface area (Å²) in [5, 5.41) is 0. The van der Waals surface area contributed by atoms with Crippen LogP contribution in [-0.4, -0.2) is 26.2 Å². The fraction of sp³-hybridized carbons (Fsp3) is 0.200. The van der Waals surface area contributed by atoms with Crippen molar-refractivity contribution < 1.29 is 19.1 Å². The van der Waals surface area contributed by atoms with E-state index in [1.54, 1.807) is 0 Å². The van der Waals surface area contributed by atoms with Gasteiger partial charge >= 0.3 is 11.9 Å². The Morgan fingerprint density at radius 3 is 1.36 bits per heavy atom. The van der Waals surface area contributed by atoms with Gasteiger partial charge in [0.15, 0.2) is 0 Å². The average molecular weight is 196 g/mol. The van der Waals surface area contributed by atoms with Crippen molar-refractivity contribution in [2.45, 2.75) is 0 Å². The van der Waals surface area contributed by atoms with E-state index in [0.717, 1.165) is 0 Å². The monoisotopic (exact) mass is 196 g/mol. The Balaban J connectivity index is 2.89. The van der Waals surface area contributed by atoms with Gasteiger partial charge in [0.05, 0.1) is 25.3 Å². The highest BCUT2D eigenvalue weighted by atomic mass is 16.6. The topological polar surface area (TPSA) is 52.6 Å². The summed E-state index contributed by atoms with van der Waals surface area (Å²) in [4.78, 5) is 22.1. The van der Waals surface area contributed by atoms with Gasteiger partial charge in [0, 0.05) is 0 Å². The second kappa shape index (κ2) is 4.41. The molecule has 0 N–H and O–H groups in total. The van der Waals surface area contributed by atoms with Crippen molar-refractivity contribution in [2.75, 3.05) is 14.2 Å². The summed E-state index contributed by atoms with van der Waals surface area (Å²) in [5.41, 5.74) is 0.806. The first kappa shape index (κ1) is 10.2. The van der Waals surface area contributed by atoms with Gasteiger partial charge in [0.1, 0.15) is 0 Å². The molecule has 0 spiro atoms. The lowest BCUT2D eigenvalue weighted by Crippen LogP contribution is -2.04. The van der Waals surface area contributed by atoms with E-state index in [4.69, 9.17) is 0 Å². The minimum atomic E-state index is -0.429. The van der Waals surface area contributed by atoms with Crippen LogP contribution in [0, 0.1) is 0 Å². The number of methoxy groups -OCH3 is 2. The molecule has 0 aliphatic carbocycles. The van der Waals surface area contributed by atoms with Crippen molar-refractivity contribution in [2.24, 2.45) is 0 Å². The molecule has 1 aromatic rings. The molecule has 0 atom stereocenters. The van der Waals surface area contributed by atoms with E-state index >= 15 is 0 Å². The van der Waals surface area contributed by atoms with Gasteiger partial charge in [-0.1, -0.05) is 0 Å². The molecule has 0 aromatic heterocycles. The first-order valence-electron chi connectivity index (χ1n) is 3.95. The number of carbonyl (C=O) groups excluding carboxylic acids is 2. The zero-order valence-corrected chi connectivity index (χ0v) is 7.94. The van der Waals surface area contributed by atoms with Gasteiger partial charge < -0.3 is 9.47 Å². The van der Waals surface area contributed by atoms with Crippen LogP contribution in [0.1, 0.15) is 20.7 Å². The normalized spacial score (nSPS) is 9.29. The highest BCUT2D eigenvalue weighted by Crippen LogP contribution is 2.06. The third-order valence-electron chi connectivity index (χ3n) is 1.73. The Morgan fingerprint density at radius 2 is 1.14 bits per heavy atom. The highest BCUT2D eigenvalue weighted by Gasteiger charge is 2.08. The molecule has 1 rings (SSSR count). The fourth-order valence-electron chi connectivity index (χ4n) is 0.978. The number of hydrogen-bond donors (Lipinski definition) is 0. The number of carbonyl (C=O) groups is 2. The Morgan fingerprint density at radius 1 is 0.857 bits per heavy atom. The number of esters is 2. The molecule has 0 unspecified atom stereocenters. The SMILES string of the molecule is CO[13C](=O)c1ccc([13C](=O)OC)cc1. The van der Waals surface area contributed by atoms with E-state index in [1.807, 2.05) is 0 Å². The van der Waals surface area contributed by atoms with Crippen LogP contribution in [0.3, 0.4) is 0 Å². The quantitative estimate of drug-likeness (QED) is 0.527. The summed E-state index contributed by atoms with van der Waals surface area (Å²) in [6.45, 7) is 0.